The summed E-state index contributed by atoms with van der Waals surface area (Å²) < 4.78 is 134. The number of aliphatic hydroxyl groups excluding tert-OH is 1. The smallest absolute Gasteiger partial charge is 0.407 e. The predicted octanol–water partition coefficient (Wildman–Crippen LogP) is 4.82. The standard InChI is InChI=1S/C51H57F8N11O8/c1-48(2,50(54,55)56)40(66-47(75)76-6)43(72)65-38(16-29-11-8-28(9-12-29)10-13-30-20-63-45(64-21-30)70-23-32-19-33(70)22-69(32)34-26-77-27-34)39(71)25-68(67-44(73)41(78-46(74)60-5)49(3,4)51(57,58)59)24-35-36(52)17-31(18-37(35)53)42-61-14-7-15-62-42/h7-9,11-12,14-15,17-18,20-21,32-34,38-41,71H,16,19,22-27H2,1-6H3,(H,60,74)(H,65,72)(H,66,75)(H,67,73)/t32-,33-,38+,39+,40-,41-/m1/s1. The van der Waals surface area contributed by atoms with Crippen LogP contribution >= 0.6 is 0 Å². The second kappa shape index (κ2) is 23.8. The lowest BCUT2D eigenvalue weighted by Gasteiger charge is -2.42. The maximum atomic E-state index is 16.0. The van der Waals surface area contributed by atoms with Crippen LogP contribution in [0, 0.1) is 34.3 Å². The number of alkyl carbamates (subject to hydrolysis) is 2. The van der Waals surface area contributed by atoms with Gasteiger partial charge in [0.25, 0.3) is 5.91 Å². The van der Waals surface area contributed by atoms with Gasteiger partial charge in [0.1, 0.15) is 23.1 Å². The topological polar surface area (TPSA) is 226 Å². The summed E-state index contributed by atoms with van der Waals surface area (Å²) in [5.41, 5.74) is -3.83. The quantitative estimate of drug-likeness (QED) is 0.0512. The molecule has 2 aromatic heterocycles. The van der Waals surface area contributed by atoms with E-state index in [1.165, 1.54) is 30.6 Å². The summed E-state index contributed by atoms with van der Waals surface area (Å²) in [6, 6.07) is 6.16. The lowest BCUT2D eigenvalue weighted by molar-refractivity contribution is -0.239. The van der Waals surface area contributed by atoms with Crippen LogP contribution in [0.4, 0.5) is 50.7 Å². The Labute approximate surface area is 442 Å². The Balaban J connectivity index is 1.18. The van der Waals surface area contributed by atoms with Crippen molar-refractivity contribution in [2.45, 2.75) is 102 Å². The van der Waals surface area contributed by atoms with Gasteiger partial charge in [-0.05, 0) is 76.4 Å². The molecule has 0 saturated carbocycles. The highest BCUT2D eigenvalue weighted by Gasteiger charge is 2.58. The monoisotopic (exact) mass is 1100 g/mol. The highest BCUT2D eigenvalue weighted by atomic mass is 19.4. The lowest BCUT2D eigenvalue weighted by Crippen LogP contribution is -2.62. The molecule has 3 saturated heterocycles. The van der Waals surface area contributed by atoms with E-state index in [2.05, 4.69) is 51.6 Å². The molecule has 0 unspecified atom stereocenters. The average Bonchev–Trinajstić information content (AvgIpc) is 3.98. The predicted molar refractivity (Wildman–Crippen MR) is 261 cm³/mol. The zero-order valence-electron chi connectivity index (χ0n) is 43.0. The number of carbonyl (C=O) groups is 4. The highest BCUT2D eigenvalue weighted by Crippen LogP contribution is 2.43. The van der Waals surface area contributed by atoms with Gasteiger partial charge in [0.15, 0.2) is 11.9 Å². The maximum Gasteiger partial charge on any atom is 0.407 e. The second-order valence-corrected chi connectivity index (χ2v) is 20.1. The molecule has 420 valence electrons. The number of amides is 4. The Morgan fingerprint density at radius 1 is 0.821 bits per heavy atom. The molecular formula is C51H57F8N11O8. The van der Waals surface area contributed by atoms with E-state index in [4.69, 9.17) is 9.47 Å². The van der Waals surface area contributed by atoms with Crippen LogP contribution in [0.1, 0.15) is 56.4 Å². The van der Waals surface area contributed by atoms with Gasteiger partial charge in [-0.25, -0.2) is 43.3 Å². The molecule has 2 aromatic carbocycles. The normalized spacial score (nSPS) is 18.4. The number of methoxy groups -OCH3 is 1. The van der Waals surface area contributed by atoms with Gasteiger partial charge in [-0.15, -0.1) is 0 Å². The molecule has 7 rings (SSSR count). The third kappa shape index (κ3) is 13.3. The summed E-state index contributed by atoms with van der Waals surface area (Å²) in [5, 5.41) is 18.7. The summed E-state index contributed by atoms with van der Waals surface area (Å²) in [7, 11) is 1.84. The first-order valence-electron chi connectivity index (χ1n) is 24.4. The Bertz CT molecular complexity index is 2830. The number of nitrogens with zero attached hydrogens (tertiary/aromatic N) is 7. The Kier molecular flexibility index (Phi) is 17.8. The van der Waals surface area contributed by atoms with E-state index in [1.54, 1.807) is 24.5 Å². The van der Waals surface area contributed by atoms with Crippen molar-refractivity contribution >= 4 is 29.9 Å². The third-order valence-electron chi connectivity index (χ3n) is 14.0. The summed E-state index contributed by atoms with van der Waals surface area (Å²) in [6.45, 7) is 3.35. The van der Waals surface area contributed by atoms with Crippen LogP contribution in [0.3, 0.4) is 0 Å². The van der Waals surface area contributed by atoms with Crippen molar-refractivity contribution in [2.24, 2.45) is 10.8 Å². The van der Waals surface area contributed by atoms with E-state index in [0.29, 0.717) is 67.4 Å². The minimum absolute atomic E-state index is 0.102. The number of hydrogen-bond acceptors (Lipinski definition) is 15. The van der Waals surface area contributed by atoms with Gasteiger partial charge in [-0.3, -0.25) is 19.9 Å². The average molecular weight is 1100 g/mol. The second-order valence-electron chi connectivity index (χ2n) is 20.1. The van der Waals surface area contributed by atoms with E-state index in [-0.39, 0.29) is 17.4 Å². The molecule has 4 amide bonds. The molecule has 0 spiro atoms. The van der Waals surface area contributed by atoms with E-state index < -0.39 is 108 Å². The zero-order valence-corrected chi connectivity index (χ0v) is 43.0. The molecule has 2 bridgehead atoms. The number of hydrogen-bond donors (Lipinski definition) is 5. The van der Waals surface area contributed by atoms with Gasteiger partial charge >= 0.3 is 24.5 Å². The Hall–Kier alpha value is -7.28. The minimum Gasteiger partial charge on any atom is -0.453 e. The molecule has 19 nitrogen and oxygen atoms in total. The molecule has 78 heavy (non-hydrogen) atoms. The van der Waals surface area contributed by atoms with Crippen molar-refractivity contribution in [3.63, 3.8) is 0 Å². The number of likely N-dealkylation sites (tertiary alicyclic amines) is 1. The van der Waals surface area contributed by atoms with Gasteiger partial charge < -0.3 is 40.2 Å². The number of nitrogens with one attached hydrogen (secondary N) is 4. The van der Waals surface area contributed by atoms with Crippen molar-refractivity contribution in [1.82, 2.24) is 51.2 Å². The Morgan fingerprint density at radius 3 is 1.97 bits per heavy atom. The van der Waals surface area contributed by atoms with E-state index in [0.717, 1.165) is 59.0 Å². The first-order chi connectivity index (χ1) is 36.7. The zero-order chi connectivity index (χ0) is 56.9. The molecule has 0 radical (unpaired) electrons. The van der Waals surface area contributed by atoms with Crippen molar-refractivity contribution in [2.75, 3.05) is 51.9 Å². The molecule has 6 atom stereocenters. The van der Waals surface area contributed by atoms with E-state index in [9.17, 15) is 50.6 Å². The summed E-state index contributed by atoms with van der Waals surface area (Å²) in [5.74, 6) is 0.663. The van der Waals surface area contributed by atoms with Gasteiger partial charge in [-0.2, -0.15) is 26.3 Å². The summed E-state index contributed by atoms with van der Waals surface area (Å²) >= 11 is 0. The number of alkyl halides is 6. The number of halogens is 8. The number of aromatic nitrogens is 4. The van der Waals surface area contributed by atoms with Gasteiger partial charge in [-0.1, -0.05) is 24.0 Å². The van der Waals surface area contributed by atoms with Gasteiger partial charge in [0.05, 0.1) is 49.5 Å². The molecular weight excluding hydrogens is 1050 g/mol. The van der Waals surface area contributed by atoms with Crippen molar-refractivity contribution in [1.29, 1.82) is 0 Å². The summed E-state index contributed by atoms with van der Waals surface area (Å²) in [4.78, 5) is 74.5. The van der Waals surface area contributed by atoms with Crippen LogP contribution in [0.15, 0.2) is 67.3 Å². The lowest BCUT2D eigenvalue weighted by atomic mass is 9.82. The number of aliphatic hydroxyl groups is 1. The number of benzene rings is 2. The molecule has 3 aliphatic rings. The fourth-order valence-electron chi connectivity index (χ4n) is 9.01. The Morgan fingerprint density at radius 2 is 1.44 bits per heavy atom. The first kappa shape index (κ1) is 58.4. The highest BCUT2D eigenvalue weighted by molar-refractivity contribution is 5.87. The van der Waals surface area contributed by atoms with Crippen molar-refractivity contribution < 1.29 is 73.6 Å². The third-order valence-corrected chi connectivity index (χ3v) is 14.0. The molecule has 0 aliphatic carbocycles. The van der Waals surface area contributed by atoms with Crippen molar-refractivity contribution in [3.05, 3.63) is 101 Å². The summed E-state index contributed by atoms with van der Waals surface area (Å²) in [6.07, 6.45) is -11.7. The number of fused-ring (bicyclic) bond motifs is 2. The number of rotatable bonds is 18. The fourth-order valence-corrected chi connectivity index (χ4v) is 9.01. The molecule has 4 aromatic rings. The first-order valence-corrected chi connectivity index (χ1v) is 24.4. The molecule has 5 N–H and O–H groups in total. The van der Waals surface area contributed by atoms with Crippen LogP contribution in [0.5, 0.6) is 0 Å². The molecule has 3 fully saturated rings. The number of piperazine rings is 1. The maximum absolute atomic E-state index is 16.0. The molecule has 27 heteroatoms. The number of anilines is 1. The SMILES string of the molecule is CNC(=O)O[C@H](C(=O)NN(Cc1c(F)cc(-c2ncccn2)cc1F)C[C@H](O)[C@H](Cc1ccc(C#Cc2cnc(N3C[C@H]4C[C@@H]3CN4C3COC3)nc2)cc1)NC(=O)[C@@H](NC(=O)OC)C(C)(C)C(F)(F)F)C(C)(C)C(F)(F)F. The van der Waals surface area contributed by atoms with E-state index in [1.807, 2.05) is 16.1 Å². The largest absolute Gasteiger partial charge is 0.453 e. The van der Waals surface area contributed by atoms with Crippen LogP contribution < -0.4 is 26.3 Å². The minimum atomic E-state index is -5.22. The molecule has 3 aliphatic heterocycles. The number of ether oxygens (including phenoxy) is 3. The van der Waals surface area contributed by atoms with Crippen LogP contribution in [-0.2, 0) is 36.8 Å². The van der Waals surface area contributed by atoms with Crippen molar-refractivity contribution in [3.8, 4) is 23.2 Å². The van der Waals surface area contributed by atoms with E-state index >= 15 is 8.78 Å². The van der Waals surface area contributed by atoms with Gasteiger partial charge in [0, 0.05) is 86.8 Å². The van der Waals surface area contributed by atoms with Crippen LogP contribution in [-0.4, -0.2) is 161 Å². The number of hydrazine groups is 1. The van der Waals surface area contributed by atoms with Crippen LogP contribution in [0.25, 0.3) is 11.4 Å². The number of carbonyl (C=O) groups excluding carboxylic acids is 4. The van der Waals surface area contributed by atoms with Gasteiger partial charge in [0.2, 0.25) is 11.9 Å². The fraction of sp³-hybridized carbons (Fsp3) is 0.490. The molecule has 5 heterocycles. The van der Waals surface area contributed by atoms with Crippen LogP contribution in [0.2, 0.25) is 0 Å².